The number of amides is 1. The molecule has 1 aromatic rings. The van der Waals surface area contributed by atoms with Gasteiger partial charge in [-0.3, -0.25) is 4.79 Å². The molecule has 2 fully saturated rings. The van der Waals surface area contributed by atoms with E-state index < -0.39 is 10.0 Å². The summed E-state index contributed by atoms with van der Waals surface area (Å²) in [5, 5.41) is 11.3. The van der Waals surface area contributed by atoms with Crippen LogP contribution in [0.5, 0.6) is 0 Å². The number of fused-ring (bicyclic) bond motifs is 1. The number of halogens is 1. The summed E-state index contributed by atoms with van der Waals surface area (Å²) in [7, 11) is -3.76. The van der Waals surface area contributed by atoms with Crippen molar-refractivity contribution in [2.24, 2.45) is 11.1 Å². The van der Waals surface area contributed by atoms with E-state index in [1.807, 2.05) is 0 Å². The second-order valence-electron chi connectivity index (χ2n) is 6.17. The lowest BCUT2D eigenvalue weighted by molar-refractivity contribution is -0.117. The van der Waals surface area contributed by atoms with Crippen LogP contribution in [0, 0.1) is 5.92 Å². The smallest absolute Gasteiger partial charge is 0.241 e. The minimum Gasteiger partial charge on any atom is -0.325 e. The maximum absolute atomic E-state index is 12.4. The van der Waals surface area contributed by atoms with Crippen LogP contribution in [0.1, 0.15) is 32.1 Å². The zero-order chi connectivity index (χ0) is 15.7. The quantitative estimate of drug-likeness (QED) is 0.763. The summed E-state index contributed by atoms with van der Waals surface area (Å²) in [4.78, 5) is 12.4. The molecule has 1 amide bonds. The molecule has 1 aromatic carbocycles. The van der Waals surface area contributed by atoms with Crippen LogP contribution >= 0.6 is 12.4 Å². The Morgan fingerprint density at radius 3 is 2.70 bits per heavy atom. The first kappa shape index (κ1) is 18.2. The number of nitrogens with two attached hydrogens (primary N) is 1. The Kier molecular flexibility index (Phi) is 5.67. The van der Waals surface area contributed by atoms with Crippen molar-refractivity contribution in [2.75, 3.05) is 5.32 Å². The predicted octanol–water partition coefficient (Wildman–Crippen LogP) is 1.61. The van der Waals surface area contributed by atoms with Gasteiger partial charge in [0.15, 0.2) is 0 Å². The molecule has 4 N–H and O–H groups in total. The molecule has 6 nitrogen and oxygen atoms in total. The molecule has 3 rings (SSSR count). The molecular weight excluding hydrogens is 338 g/mol. The van der Waals surface area contributed by atoms with E-state index in [0.717, 1.165) is 12.8 Å². The van der Waals surface area contributed by atoms with Gasteiger partial charge in [0, 0.05) is 11.7 Å². The number of benzene rings is 1. The van der Waals surface area contributed by atoms with Crippen molar-refractivity contribution in [1.29, 1.82) is 0 Å². The number of anilines is 1. The lowest BCUT2D eigenvalue weighted by Crippen LogP contribution is -2.39. The summed E-state index contributed by atoms with van der Waals surface area (Å²) in [6.07, 6.45) is 5.63. The highest BCUT2D eigenvalue weighted by atomic mass is 35.5. The highest BCUT2D eigenvalue weighted by Gasteiger charge is 2.38. The highest BCUT2D eigenvalue weighted by Crippen LogP contribution is 2.33. The molecule has 0 radical (unpaired) electrons. The van der Waals surface area contributed by atoms with Crippen molar-refractivity contribution in [3.8, 4) is 0 Å². The molecule has 23 heavy (non-hydrogen) atoms. The second-order valence-corrected chi connectivity index (χ2v) is 7.73. The summed E-state index contributed by atoms with van der Waals surface area (Å²) in [5.74, 6) is 0.473. The molecule has 2 aliphatic rings. The van der Waals surface area contributed by atoms with Gasteiger partial charge < -0.3 is 10.6 Å². The summed E-state index contributed by atoms with van der Waals surface area (Å²) >= 11 is 0. The Morgan fingerprint density at radius 2 is 2.00 bits per heavy atom. The maximum atomic E-state index is 12.4. The largest absolute Gasteiger partial charge is 0.325 e. The first-order valence-corrected chi connectivity index (χ1v) is 9.18. The van der Waals surface area contributed by atoms with Gasteiger partial charge in [0.1, 0.15) is 0 Å². The fourth-order valence-electron chi connectivity index (χ4n) is 3.50. The van der Waals surface area contributed by atoms with Crippen LogP contribution in [0.2, 0.25) is 0 Å². The molecular formula is C15H22ClN3O3S. The Morgan fingerprint density at radius 1 is 1.26 bits per heavy atom. The van der Waals surface area contributed by atoms with E-state index in [2.05, 4.69) is 10.6 Å². The number of hydrogen-bond acceptors (Lipinski definition) is 4. The molecule has 1 saturated heterocycles. The zero-order valence-corrected chi connectivity index (χ0v) is 14.3. The van der Waals surface area contributed by atoms with Gasteiger partial charge in [0.25, 0.3) is 0 Å². The molecule has 3 unspecified atom stereocenters. The maximum Gasteiger partial charge on any atom is 0.241 e. The number of nitrogens with one attached hydrogen (secondary N) is 2. The Bertz CT molecular complexity index is 666. The molecule has 0 bridgehead atoms. The molecule has 1 saturated carbocycles. The fraction of sp³-hybridized carbons (Fsp3) is 0.533. The van der Waals surface area contributed by atoms with Gasteiger partial charge in [-0.1, -0.05) is 18.9 Å². The first-order valence-electron chi connectivity index (χ1n) is 7.63. The lowest BCUT2D eigenvalue weighted by Gasteiger charge is -2.24. The summed E-state index contributed by atoms with van der Waals surface area (Å²) < 4.78 is 22.7. The second kappa shape index (κ2) is 7.17. The topological polar surface area (TPSA) is 101 Å². The van der Waals surface area contributed by atoms with Gasteiger partial charge in [-0.05, 0) is 43.4 Å². The number of primary sulfonamides is 1. The van der Waals surface area contributed by atoms with Crippen LogP contribution in [0.15, 0.2) is 29.2 Å². The average molecular weight is 360 g/mol. The molecule has 0 aromatic heterocycles. The minimum atomic E-state index is -3.76. The number of carbonyl (C=O) groups is 1. The number of carbonyl (C=O) groups excluding carboxylic acids is 1. The first-order chi connectivity index (χ1) is 10.4. The van der Waals surface area contributed by atoms with E-state index in [-0.39, 0.29) is 29.3 Å². The van der Waals surface area contributed by atoms with Crippen LogP contribution in [0.25, 0.3) is 0 Å². The van der Waals surface area contributed by atoms with Gasteiger partial charge in [0.05, 0.1) is 10.9 Å². The Labute approximate surface area is 142 Å². The van der Waals surface area contributed by atoms with Crippen LogP contribution in [-0.2, 0) is 14.8 Å². The Hall–Kier alpha value is -1.15. The van der Waals surface area contributed by atoms with Crippen LogP contribution < -0.4 is 15.8 Å². The van der Waals surface area contributed by atoms with Crippen molar-refractivity contribution in [1.82, 2.24) is 5.32 Å². The van der Waals surface area contributed by atoms with Crippen LogP contribution in [-0.4, -0.2) is 26.4 Å². The molecule has 1 aliphatic carbocycles. The van der Waals surface area contributed by atoms with Gasteiger partial charge in [0.2, 0.25) is 15.9 Å². The van der Waals surface area contributed by atoms with Gasteiger partial charge in [-0.2, -0.15) is 0 Å². The van der Waals surface area contributed by atoms with E-state index >= 15 is 0 Å². The molecule has 3 atom stereocenters. The third kappa shape index (κ3) is 4.23. The molecule has 0 spiro atoms. The van der Waals surface area contributed by atoms with E-state index in [0.29, 0.717) is 17.6 Å². The Balaban J connectivity index is 0.00000192. The van der Waals surface area contributed by atoms with Gasteiger partial charge >= 0.3 is 0 Å². The number of sulfonamides is 1. The SMILES string of the molecule is Cl.NS(=O)(=O)c1cccc(NC(=O)C2CC3CCCCC3N2)c1. The third-order valence-corrected chi connectivity index (χ3v) is 5.52. The van der Waals surface area contributed by atoms with Crippen molar-refractivity contribution < 1.29 is 13.2 Å². The van der Waals surface area contributed by atoms with Crippen molar-refractivity contribution in [3.63, 3.8) is 0 Å². The van der Waals surface area contributed by atoms with E-state index in [1.165, 1.54) is 31.4 Å². The van der Waals surface area contributed by atoms with Crippen LogP contribution in [0.4, 0.5) is 5.69 Å². The van der Waals surface area contributed by atoms with E-state index in [4.69, 9.17) is 5.14 Å². The molecule has 8 heteroatoms. The molecule has 1 heterocycles. The summed E-state index contributed by atoms with van der Waals surface area (Å²) in [6, 6.07) is 6.26. The normalized spacial score (nSPS) is 26.9. The fourth-order valence-corrected chi connectivity index (χ4v) is 4.06. The predicted molar refractivity (Wildman–Crippen MR) is 91.0 cm³/mol. The monoisotopic (exact) mass is 359 g/mol. The van der Waals surface area contributed by atoms with Gasteiger partial charge in [-0.25, -0.2) is 13.6 Å². The number of hydrogen-bond donors (Lipinski definition) is 3. The lowest BCUT2D eigenvalue weighted by atomic mass is 9.85. The third-order valence-electron chi connectivity index (χ3n) is 4.61. The minimum absolute atomic E-state index is 0. The zero-order valence-electron chi connectivity index (χ0n) is 12.7. The summed E-state index contributed by atoms with van der Waals surface area (Å²) in [5.41, 5.74) is 0.452. The van der Waals surface area contributed by atoms with Crippen molar-refractivity contribution in [2.45, 2.75) is 49.1 Å². The standard InChI is InChI=1S/C15H21N3O3S.ClH/c16-22(20,21)12-6-3-5-11(9-12)17-15(19)14-8-10-4-1-2-7-13(10)18-14;/h3,5-6,9-10,13-14,18H,1-2,4,7-8H2,(H,17,19)(H2,16,20,21);1H. The van der Waals surface area contributed by atoms with Crippen molar-refractivity contribution in [3.05, 3.63) is 24.3 Å². The molecule has 128 valence electrons. The van der Waals surface area contributed by atoms with E-state index in [1.54, 1.807) is 12.1 Å². The molecule has 1 aliphatic heterocycles. The van der Waals surface area contributed by atoms with E-state index in [9.17, 15) is 13.2 Å². The van der Waals surface area contributed by atoms with Crippen molar-refractivity contribution >= 4 is 34.0 Å². The van der Waals surface area contributed by atoms with Gasteiger partial charge in [-0.15, -0.1) is 12.4 Å². The van der Waals surface area contributed by atoms with Crippen LogP contribution in [0.3, 0.4) is 0 Å². The highest BCUT2D eigenvalue weighted by molar-refractivity contribution is 7.89. The summed E-state index contributed by atoms with van der Waals surface area (Å²) in [6.45, 7) is 0. The average Bonchev–Trinajstić information content (AvgIpc) is 2.90. The number of rotatable bonds is 3.